The molecule has 138 valence electrons. The van der Waals surface area contributed by atoms with E-state index < -0.39 is 10.0 Å². The second-order valence-electron chi connectivity index (χ2n) is 5.11. The number of hydrogen-bond donors (Lipinski definition) is 2. The van der Waals surface area contributed by atoms with E-state index in [0.717, 1.165) is 5.56 Å². The maximum absolute atomic E-state index is 13.2. The molecule has 0 bridgehead atoms. The fourth-order valence-corrected chi connectivity index (χ4v) is 2.65. The molecule has 0 amide bonds. The van der Waals surface area contributed by atoms with Gasteiger partial charge in [0.25, 0.3) is 0 Å². The SMILES string of the molecule is CCS(=O)(=O)NCCCNC(=NC)N(C)Cc1cccc(F)c1.I. The van der Waals surface area contributed by atoms with Crippen LogP contribution in [0.4, 0.5) is 4.39 Å². The van der Waals surface area contributed by atoms with E-state index in [0.29, 0.717) is 32.0 Å². The summed E-state index contributed by atoms with van der Waals surface area (Å²) in [6.07, 6.45) is 0.645. The molecule has 0 aliphatic carbocycles. The molecule has 1 aromatic rings. The minimum Gasteiger partial charge on any atom is -0.356 e. The molecule has 0 saturated heterocycles. The van der Waals surface area contributed by atoms with Crippen molar-refractivity contribution in [1.82, 2.24) is 14.9 Å². The van der Waals surface area contributed by atoms with Crippen LogP contribution in [-0.2, 0) is 16.6 Å². The van der Waals surface area contributed by atoms with Gasteiger partial charge in [0, 0.05) is 33.7 Å². The molecule has 2 N–H and O–H groups in total. The van der Waals surface area contributed by atoms with E-state index in [1.807, 2.05) is 18.0 Å². The summed E-state index contributed by atoms with van der Waals surface area (Å²) >= 11 is 0. The molecule has 6 nitrogen and oxygen atoms in total. The lowest BCUT2D eigenvalue weighted by Gasteiger charge is -2.22. The predicted molar refractivity (Wildman–Crippen MR) is 107 cm³/mol. The molecule has 0 fully saturated rings. The molecule has 0 aromatic heterocycles. The maximum atomic E-state index is 13.2. The van der Waals surface area contributed by atoms with Crippen molar-refractivity contribution in [3.63, 3.8) is 0 Å². The lowest BCUT2D eigenvalue weighted by molar-refractivity contribution is 0.473. The summed E-state index contributed by atoms with van der Waals surface area (Å²) in [6, 6.07) is 6.43. The monoisotopic (exact) mass is 472 g/mol. The van der Waals surface area contributed by atoms with E-state index in [9.17, 15) is 12.8 Å². The number of nitrogens with zero attached hydrogens (tertiary/aromatic N) is 2. The second kappa shape index (κ2) is 11.6. The van der Waals surface area contributed by atoms with Gasteiger partial charge in [-0.1, -0.05) is 12.1 Å². The third-order valence-electron chi connectivity index (χ3n) is 3.22. The van der Waals surface area contributed by atoms with E-state index in [2.05, 4.69) is 15.0 Å². The number of halogens is 2. The lowest BCUT2D eigenvalue weighted by Crippen LogP contribution is -2.39. The second-order valence-corrected chi connectivity index (χ2v) is 7.21. The molecule has 1 aromatic carbocycles. The van der Waals surface area contributed by atoms with Gasteiger partial charge in [-0.3, -0.25) is 4.99 Å². The number of hydrogen-bond acceptors (Lipinski definition) is 3. The molecular formula is C15H26FIN4O2S. The first kappa shape index (κ1) is 23.1. The Hall–Kier alpha value is -0.940. The Labute approximate surface area is 161 Å². The Morgan fingerprint density at radius 3 is 2.62 bits per heavy atom. The highest BCUT2D eigenvalue weighted by Gasteiger charge is 2.08. The maximum Gasteiger partial charge on any atom is 0.211 e. The number of aliphatic imine (C=N–C) groups is 1. The molecule has 0 saturated carbocycles. The molecule has 0 spiro atoms. The van der Waals surface area contributed by atoms with Gasteiger partial charge in [0.2, 0.25) is 10.0 Å². The van der Waals surface area contributed by atoms with Crippen molar-refractivity contribution in [2.75, 3.05) is 32.9 Å². The van der Waals surface area contributed by atoms with Crippen LogP contribution in [0.3, 0.4) is 0 Å². The Bertz CT molecular complexity index is 626. The average Bonchev–Trinajstić information content (AvgIpc) is 2.50. The zero-order valence-electron chi connectivity index (χ0n) is 14.3. The lowest BCUT2D eigenvalue weighted by atomic mass is 10.2. The fourth-order valence-electron chi connectivity index (χ4n) is 1.99. The van der Waals surface area contributed by atoms with Crippen LogP contribution < -0.4 is 10.0 Å². The third-order valence-corrected chi connectivity index (χ3v) is 4.62. The van der Waals surface area contributed by atoms with Crippen molar-refractivity contribution in [2.24, 2.45) is 4.99 Å². The number of sulfonamides is 1. The summed E-state index contributed by atoms with van der Waals surface area (Å²) in [6.45, 7) is 3.10. The van der Waals surface area contributed by atoms with Crippen LogP contribution in [0.1, 0.15) is 18.9 Å². The van der Waals surface area contributed by atoms with Crippen LogP contribution in [0.15, 0.2) is 29.3 Å². The summed E-state index contributed by atoms with van der Waals surface area (Å²) in [7, 11) is 0.391. The Morgan fingerprint density at radius 1 is 1.33 bits per heavy atom. The molecule has 0 radical (unpaired) electrons. The number of guanidine groups is 1. The van der Waals surface area contributed by atoms with Gasteiger partial charge < -0.3 is 10.2 Å². The highest BCUT2D eigenvalue weighted by molar-refractivity contribution is 14.0. The van der Waals surface area contributed by atoms with Crippen molar-refractivity contribution in [2.45, 2.75) is 19.9 Å². The van der Waals surface area contributed by atoms with E-state index in [4.69, 9.17) is 0 Å². The summed E-state index contributed by atoms with van der Waals surface area (Å²) in [5.41, 5.74) is 0.853. The van der Waals surface area contributed by atoms with Crippen LogP contribution in [0, 0.1) is 5.82 Å². The number of nitrogens with one attached hydrogen (secondary N) is 2. The van der Waals surface area contributed by atoms with Gasteiger partial charge in [-0.05, 0) is 31.0 Å². The van der Waals surface area contributed by atoms with Crippen molar-refractivity contribution in [3.05, 3.63) is 35.6 Å². The third kappa shape index (κ3) is 8.78. The molecule has 9 heteroatoms. The highest BCUT2D eigenvalue weighted by atomic mass is 127. The summed E-state index contributed by atoms with van der Waals surface area (Å²) in [5.74, 6) is 0.494. The zero-order valence-corrected chi connectivity index (χ0v) is 17.4. The first-order valence-electron chi connectivity index (χ1n) is 7.51. The molecule has 0 unspecified atom stereocenters. The Balaban J connectivity index is 0.00000529. The first-order chi connectivity index (χ1) is 10.9. The van der Waals surface area contributed by atoms with Gasteiger partial charge in [-0.25, -0.2) is 17.5 Å². The fraction of sp³-hybridized carbons (Fsp3) is 0.533. The summed E-state index contributed by atoms with van der Waals surface area (Å²) in [5, 5.41) is 3.16. The summed E-state index contributed by atoms with van der Waals surface area (Å²) in [4.78, 5) is 6.05. The number of benzene rings is 1. The molecule has 0 heterocycles. The standard InChI is InChI=1S/C15H25FN4O2S.HI/c1-4-23(21,22)19-10-6-9-18-15(17-2)20(3)12-13-7-5-8-14(16)11-13;/h5,7-8,11,19H,4,6,9-10,12H2,1-3H3,(H,17,18);1H. The van der Waals surface area contributed by atoms with Crippen molar-refractivity contribution >= 4 is 40.0 Å². The van der Waals surface area contributed by atoms with Crippen LogP contribution in [-0.4, -0.2) is 52.2 Å². The van der Waals surface area contributed by atoms with E-state index in [1.54, 1.807) is 20.0 Å². The largest absolute Gasteiger partial charge is 0.356 e. The van der Waals surface area contributed by atoms with Gasteiger partial charge in [0.15, 0.2) is 5.96 Å². The smallest absolute Gasteiger partial charge is 0.211 e. The van der Waals surface area contributed by atoms with Crippen molar-refractivity contribution < 1.29 is 12.8 Å². The van der Waals surface area contributed by atoms with Gasteiger partial charge in [-0.15, -0.1) is 24.0 Å². The Morgan fingerprint density at radius 2 is 2.04 bits per heavy atom. The first-order valence-corrected chi connectivity index (χ1v) is 9.16. The van der Waals surface area contributed by atoms with E-state index in [1.165, 1.54) is 12.1 Å². The molecule has 0 aliphatic heterocycles. The quantitative estimate of drug-likeness (QED) is 0.262. The van der Waals surface area contributed by atoms with Crippen molar-refractivity contribution in [3.8, 4) is 0 Å². The van der Waals surface area contributed by atoms with E-state index in [-0.39, 0.29) is 35.5 Å². The average molecular weight is 472 g/mol. The Kier molecular flexibility index (Phi) is 11.1. The number of rotatable bonds is 8. The topological polar surface area (TPSA) is 73.8 Å². The summed E-state index contributed by atoms with van der Waals surface area (Å²) < 4.78 is 38.3. The minimum atomic E-state index is -3.14. The van der Waals surface area contributed by atoms with Gasteiger partial charge in [-0.2, -0.15) is 0 Å². The van der Waals surface area contributed by atoms with E-state index >= 15 is 0 Å². The molecule has 1 rings (SSSR count). The molecular weight excluding hydrogens is 446 g/mol. The van der Waals surface area contributed by atoms with Gasteiger partial charge in [0.05, 0.1) is 5.75 Å². The van der Waals surface area contributed by atoms with Gasteiger partial charge >= 0.3 is 0 Å². The molecule has 0 atom stereocenters. The highest BCUT2D eigenvalue weighted by Crippen LogP contribution is 2.06. The van der Waals surface area contributed by atoms with Gasteiger partial charge in [0.1, 0.15) is 5.82 Å². The minimum absolute atomic E-state index is 0. The molecule has 24 heavy (non-hydrogen) atoms. The predicted octanol–water partition coefficient (Wildman–Crippen LogP) is 1.78. The normalized spacial score (nSPS) is 11.8. The zero-order chi connectivity index (χ0) is 17.3. The van der Waals surface area contributed by atoms with Crippen molar-refractivity contribution in [1.29, 1.82) is 0 Å². The van der Waals surface area contributed by atoms with Crippen LogP contribution >= 0.6 is 24.0 Å². The van der Waals surface area contributed by atoms with Crippen LogP contribution in [0.2, 0.25) is 0 Å². The molecule has 0 aliphatic rings. The van der Waals surface area contributed by atoms with Crippen LogP contribution in [0.25, 0.3) is 0 Å². The van der Waals surface area contributed by atoms with Crippen LogP contribution in [0.5, 0.6) is 0 Å².